The molecule has 0 saturated heterocycles. The number of rotatable bonds is 1. The molecule has 1 aliphatic carbocycles. The Kier molecular flexibility index (Phi) is 2.05. The average molecular weight is 132 g/mol. The molecule has 0 aromatic carbocycles. The van der Waals surface area contributed by atoms with E-state index in [1.54, 1.807) is 0 Å². The molecule has 0 aliphatic heterocycles. The van der Waals surface area contributed by atoms with Crippen molar-refractivity contribution in [2.75, 3.05) is 6.61 Å². The summed E-state index contributed by atoms with van der Waals surface area (Å²) < 4.78 is 0. The molecule has 9 heavy (non-hydrogen) atoms. The molecule has 54 valence electrons. The van der Waals surface area contributed by atoms with Crippen molar-refractivity contribution in [1.29, 1.82) is 0 Å². The summed E-state index contributed by atoms with van der Waals surface area (Å²) in [6.45, 7) is -0.0156. The van der Waals surface area contributed by atoms with Crippen molar-refractivity contribution in [2.24, 2.45) is 5.92 Å². The fourth-order valence-electron chi connectivity index (χ4n) is 1.27. The molecule has 3 heteroatoms. The molecule has 3 N–H and O–H groups in total. The molecular weight excluding hydrogens is 120 g/mol. The molecule has 0 bridgehead atoms. The number of hydrogen-bond donors (Lipinski definition) is 3. The van der Waals surface area contributed by atoms with Gasteiger partial charge in [-0.25, -0.2) is 0 Å². The van der Waals surface area contributed by atoms with E-state index < -0.39 is 12.2 Å². The van der Waals surface area contributed by atoms with E-state index in [0.717, 1.165) is 0 Å². The molecule has 0 aromatic heterocycles. The van der Waals surface area contributed by atoms with Crippen LogP contribution < -0.4 is 0 Å². The molecule has 0 unspecified atom stereocenters. The summed E-state index contributed by atoms with van der Waals surface area (Å²) >= 11 is 0. The van der Waals surface area contributed by atoms with Gasteiger partial charge in [0, 0.05) is 12.5 Å². The predicted octanol–water partition coefficient (Wildman–Crippen LogP) is -0.890. The minimum Gasteiger partial charge on any atom is -0.396 e. The van der Waals surface area contributed by atoms with Crippen molar-refractivity contribution in [3.8, 4) is 0 Å². The molecule has 3 nitrogen and oxygen atoms in total. The highest BCUT2D eigenvalue weighted by molar-refractivity contribution is 4.81. The van der Waals surface area contributed by atoms with Gasteiger partial charge in [-0.15, -0.1) is 0 Å². The van der Waals surface area contributed by atoms with Crippen LogP contribution in [0.15, 0.2) is 0 Å². The van der Waals surface area contributed by atoms with E-state index in [4.69, 9.17) is 15.3 Å². The third kappa shape index (κ3) is 1.41. The van der Waals surface area contributed by atoms with Crippen LogP contribution in [-0.2, 0) is 0 Å². The largest absolute Gasteiger partial charge is 0.396 e. The molecule has 0 amide bonds. The second-order valence-electron chi connectivity index (χ2n) is 2.64. The standard InChI is InChI=1S/C6H12O3/c7-3-4-1-5(8)2-6(4)9/h4-9H,1-3H2/t4-,5+,6-/m0/s1. The summed E-state index contributed by atoms with van der Waals surface area (Å²) in [5, 5.41) is 26.6. The molecule has 0 aromatic rings. The summed E-state index contributed by atoms with van der Waals surface area (Å²) in [5.41, 5.74) is 0. The summed E-state index contributed by atoms with van der Waals surface area (Å²) in [7, 11) is 0. The lowest BCUT2D eigenvalue weighted by Crippen LogP contribution is -2.16. The lowest BCUT2D eigenvalue weighted by molar-refractivity contribution is 0.0893. The molecule has 1 aliphatic rings. The molecule has 0 heterocycles. The van der Waals surface area contributed by atoms with Crippen LogP contribution in [0.5, 0.6) is 0 Å². The average Bonchev–Trinajstić information content (AvgIpc) is 2.10. The van der Waals surface area contributed by atoms with Crippen molar-refractivity contribution in [1.82, 2.24) is 0 Å². The lowest BCUT2D eigenvalue weighted by Gasteiger charge is -2.07. The van der Waals surface area contributed by atoms with Crippen LogP contribution in [0.25, 0.3) is 0 Å². The van der Waals surface area contributed by atoms with E-state index >= 15 is 0 Å². The Balaban J connectivity index is 2.38. The van der Waals surface area contributed by atoms with Crippen molar-refractivity contribution in [3.05, 3.63) is 0 Å². The van der Waals surface area contributed by atoms with E-state index in [-0.39, 0.29) is 12.5 Å². The molecule has 1 fully saturated rings. The smallest absolute Gasteiger partial charge is 0.0615 e. The molecular formula is C6H12O3. The van der Waals surface area contributed by atoms with Gasteiger partial charge in [-0.2, -0.15) is 0 Å². The van der Waals surface area contributed by atoms with Gasteiger partial charge in [0.25, 0.3) is 0 Å². The van der Waals surface area contributed by atoms with Gasteiger partial charge in [-0.05, 0) is 12.8 Å². The van der Waals surface area contributed by atoms with Crippen molar-refractivity contribution in [3.63, 3.8) is 0 Å². The number of aliphatic hydroxyl groups excluding tert-OH is 3. The molecule has 0 radical (unpaired) electrons. The Morgan fingerprint density at radius 1 is 1.22 bits per heavy atom. The Morgan fingerprint density at radius 2 is 1.89 bits per heavy atom. The lowest BCUT2D eigenvalue weighted by atomic mass is 10.1. The van der Waals surface area contributed by atoms with Gasteiger partial charge < -0.3 is 15.3 Å². The highest BCUT2D eigenvalue weighted by Crippen LogP contribution is 2.24. The maximum absolute atomic E-state index is 9.04. The zero-order chi connectivity index (χ0) is 6.85. The van der Waals surface area contributed by atoms with Crippen LogP contribution in [0.1, 0.15) is 12.8 Å². The first kappa shape index (κ1) is 6.99. The predicted molar refractivity (Wildman–Crippen MR) is 31.8 cm³/mol. The summed E-state index contributed by atoms with van der Waals surface area (Å²) in [4.78, 5) is 0. The van der Waals surface area contributed by atoms with Crippen LogP contribution in [0.4, 0.5) is 0 Å². The van der Waals surface area contributed by atoms with E-state index in [1.165, 1.54) is 0 Å². The van der Waals surface area contributed by atoms with Gasteiger partial charge in [-0.1, -0.05) is 0 Å². The van der Waals surface area contributed by atoms with Gasteiger partial charge in [-0.3, -0.25) is 0 Å². The quantitative estimate of drug-likeness (QED) is 0.434. The summed E-state index contributed by atoms with van der Waals surface area (Å²) in [6.07, 6.45) is 0.0604. The van der Waals surface area contributed by atoms with E-state index in [0.29, 0.717) is 12.8 Å². The van der Waals surface area contributed by atoms with Gasteiger partial charge in [0.2, 0.25) is 0 Å². The van der Waals surface area contributed by atoms with Crippen molar-refractivity contribution in [2.45, 2.75) is 25.0 Å². The Morgan fingerprint density at radius 3 is 2.11 bits per heavy atom. The van der Waals surface area contributed by atoms with Crippen molar-refractivity contribution >= 4 is 0 Å². The topological polar surface area (TPSA) is 60.7 Å². The molecule has 1 rings (SSSR count). The highest BCUT2D eigenvalue weighted by Gasteiger charge is 2.30. The Hall–Kier alpha value is -0.120. The Labute approximate surface area is 53.9 Å². The first-order valence-electron chi connectivity index (χ1n) is 3.21. The fraction of sp³-hybridized carbons (Fsp3) is 1.00. The first-order chi connectivity index (χ1) is 4.24. The molecule has 0 spiro atoms. The van der Waals surface area contributed by atoms with Crippen LogP contribution in [-0.4, -0.2) is 34.1 Å². The van der Waals surface area contributed by atoms with E-state index in [9.17, 15) is 0 Å². The molecule has 3 atom stereocenters. The second-order valence-corrected chi connectivity index (χ2v) is 2.64. The maximum Gasteiger partial charge on any atom is 0.0615 e. The molecule has 1 saturated carbocycles. The zero-order valence-corrected chi connectivity index (χ0v) is 5.20. The number of hydrogen-bond acceptors (Lipinski definition) is 3. The third-order valence-corrected chi connectivity index (χ3v) is 1.87. The van der Waals surface area contributed by atoms with Gasteiger partial charge in [0.15, 0.2) is 0 Å². The first-order valence-corrected chi connectivity index (χ1v) is 3.21. The van der Waals surface area contributed by atoms with E-state index in [1.807, 2.05) is 0 Å². The monoisotopic (exact) mass is 132 g/mol. The van der Waals surface area contributed by atoms with Crippen LogP contribution in [0, 0.1) is 5.92 Å². The van der Waals surface area contributed by atoms with E-state index in [2.05, 4.69) is 0 Å². The maximum atomic E-state index is 9.04. The summed E-state index contributed by atoms with van der Waals surface area (Å²) in [5.74, 6) is -0.0972. The second kappa shape index (κ2) is 2.64. The van der Waals surface area contributed by atoms with Crippen LogP contribution >= 0.6 is 0 Å². The van der Waals surface area contributed by atoms with Crippen molar-refractivity contribution < 1.29 is 15.3 Å². The highest BCUT2D eigenvalue weighted by atomic mass is 16.3. The van der Waals surface area contributed by atoms with Gasteiger partial charge in [0.1, 0.15) is 0 Å². The third-order valence-electron chi connectivity index (χ3n) is 1.87. The summed E-state index contributed by atoms with van der Waals surface area (Å²) in [6, 6.07) is 0. The van der Waals surface area contributed by atoms with Gasteiger partial charge in [0.05, 0.1) is 12.2 Å². The Bertz CT molecular complexity index is 94.3. The zero-order valence-electron chi connectivity index (χ0n) is 5.20. The van der Waals surface area contributed by atoms with Crippen LogP contribution in [0.2, 0.25) is 0 Å². The number of aliphatic hydroxyl groups is 3. The minimum atomic E-state index is -0.495. The minimum absolute atomic E-state index is 0.0156. The normalized spacial score (nSPS) is 43.7. The van der Waals surface area contributed by atoms with Crippen LogP contribution in [0.3, 0.4) is 0 Å². The SMILES string of the molecule is OC[C@@H]1C[C@@H](O)C[C@@H]1O. The van der Waals surface area contributed by atoms with Gasteiger partial charge >= 0.3 is 0 Å². The fourth-order valence-corrected chi connectivity index (χ4v) is 1.27.